The summed E-state index contributed by atoms with van der Waals surface area (Å²) in [6.45, 7) is 7.25. The lowest BCUT2D eigenvalue weighted by Crippen LogP contribution is -2.30. The zero-order valence-electron chi connectivity index (χ0n) is 64.8. The molecule has 0 radical (unpaired) electrons. The van der Waals surface area contributed by atoms with Crippen molar-refractivity contribution in [3.8, 4) is 0 Å². The molecule has 17 nitrogen and oxygen atoms in total. The van der Waals surface area contributed by atoms with Gasteiger partial charge in [0, 0.05) is 25.7 Å². The highest BCUT2D eigenvalue weighted by molar-refractivity contribution is 7.47. The normalized spacial score (nSPS) is 14.0. The minimum atomic E-state index is -4.97. The van der Waals surface area contributed by atoms with Gasteiger partial charge in [-0.05, 0) is 57.3 Å². The maximum Gasteiger partial charge on any atom is 0.472 e. The van der Waals surface area contributed by atoms with Gasteiger partial charge in [-0.3, -0.25) is 37.3 Å². The number of aliphatic hydroxyl groups is 1. The molecule has 0 aromatic heterocycles. The Morgan fingerprint density at radius 3 is 0.820 bits per heavy atom. The van der Waals surface area contributed by atoms with Crippen molar-refractivity contribution < 1.29 is 80.2 Å². The van der Waals surface area contributed by atoms with Crippen LogP contribution in [0.4, 0.5) is 0 Å². The largest absolute Gasteiger partial charge is 0.472 e. The van der Waals surface area contributed by atoms with Gasteiger partial charge in [0.1, 0.15) is 19.3 Å². The number of rotatable bonds is 79. The number of aliphatic hydroxyl groups excluding tert-OH is 1. The van der Waals surface area contributed by atoms with Crippen LogP contribution in [0.15, 0.2) is 24.3 Å². The number of ether oxygens (including phenoxy) is 4. The molecule has 0 bridgehead atoms. The molecule has 0 aromatic rings. The Hall–Kier alpha value is -2.46. The van der Waals surface area contributed by atoms with Gasteiger partial charge in [-0.25, -0.2) is 9.13 Å². The van der Waals surface area contributed by atoms with Crippen molar-refractivity contribution in [3.63, 3.8) is 0 Å². The molecule has 3 N–H and O–H groups in total. The fourth-order valence-electron chi connectivity index (χ4n) is 12.0. The second kappa shape index (κ2) is 73.4. The lowest BCUT2D eigenvalue weighted by molar-refractivity contribution is -0.161. The Kier molecular flexibility index (Phi) is 71.6. The van der Waals surface area contributed by atoms with Gasteiger partial charge in [-0.15, -0.1) is 0 Å². The minimum Gasteiger partial charge on any atom is -0.462 e. The predicted octanol–water partition coefficient (Wildman–Crippen LogP) is 24.0. The van der Waals surface area contributed by atoms with Crippen LogP contribution in [0.3, 0.4) is 0 Å². The minimum absolute atomic E-state index is 0.0851. The predicted molar refractivity (Wildman–Crippen MR) is 409 cm³/mol. The van der Waals surface area contributed by atoms with Gasteiger partial charge < -0.3 is 33.8 Å². The second-order valence-corrected chi connectivity index (χ2v) is 31.9. The van der Waals surface area contributed by atoms with E-state index in [0.717, 1.165) is 109 Å². The van der Waals surface area contributed by atoms with Crippen molar-refractivity contribution in [2.45, 2.75) is 425 Å². The van der Waals surface area contributed by atoms with Crippen LogP contribution in [-0.2, 0) is 65.4 Å². The first-order chi connectivity index (χ1) is 48.5. The summed E-state index contributed by atoms with van der Waals surface area (Å²) in [4.78, 5) is 73.0. The van der Waals surface area contributed by atoms with Crippen LogP contribution in [0.25, 0.3) is 0 Å². The van der Waals surface area contributed by atoms with Gasteiger partial charge in [-0.2, -0.15) is 0 Å². The van der Waals surface area contributed by atoms with Crippen molar-refractivity contribution in [3.05, 3.63) is 24.3 Å². The van der Waals surface area contributed by atoms with E-state index in [9.17, 15) is 43.2 Å². The van der Waals surface area contributed by atoms with Gasteiger partial charge in [0.2, 0.25) is 0 Å². The molecule has 0 aliphatic rings. The standard InChI is InChI=1S/C81H154O17P2/c1-6-9-12-15-18-21-24-27-30-32-35-38-41-46-52-57-62-67-81(86)97-76(70-91-78(83)64-59-54-49-44-39-36-34-31-28-25-22-19-16-13-10-7-2)72-95-99(87,88)93-68-75(82)69-94-100(89,90)96-73-77(71-92-79(84)65-60-55-50-47-42-43-48-53-58-63-74(4)5)98-80(85)66-61-56-51-45-40-37-33-29-26-23-20-17-14-11-8-3/h23,26,29,33,74-77,82H,6-22,24-25,27-28,30-32,34-73H2,1-5H3,(H,87,88)(H,89,90)/b26-23-,33-29-/t75-,76-,77-/m1/s1. The summed E-state index contributed by atoms with van der Waals surface area (Å²) >= 11 is 0. The zero-order chi connectivity index (χ0) is 73.4. The van der Waals surface area contributed by atoms with E-state index < -0.39 is 97.5 Å². The van der Waals surface area contributed by atoms with Gasteiger partial charge >= 0.3 is 39.5 Å². The third kappa shape index (κ3) is 73.8. The summed E-state index contributed by atoms with van der Waals surface area (Å²) in [6, 6.07) is 0. The number of unbranched alkanes of at least 4 members (excludes halogenated alkanes) is 48. The maximum absolute atomic E-state index is 13.1. The van der Waals surface area contributed by atoms with E-state index >= 15 is 0 Å². The fraction of sp³-hybridized carbons (Fsp3) is 0.901. The quantitative estimate of drug-likeness (QED) is 0.0169. The summed E-state index contributed by atoms with van der Waals surface area (Å²) in [6.07, 6.45) is 67.3. The van der Waals surface area contributed by atoms with Crippen LogP contribution in [0.2, 0.25) is 0 Å². The first kappa shape index (κ1) is 97.5. The fourth-order valence-corrected chi connectivity index (χ4v) is 13.6. The highest BCUT2D eigenvalue weighted by Crippen LogP contribution is 2.45. The molecule has 0 aromatic carbocycles. The monoisotopic (exact) mass is 1460 g/mol. The van der Waals surface area contributed by atoms with E-state index in [-0.39, 0.29) is 25.7 Å². The number of carbonyl (C=O) groups is 4. The molecule has 0 saturated carbocycles. The van der Waals surface area contributed by atoms with E-state index in [1.54, 1.807) is 0 Å². The van der Waals surface area contributed by atoms with E-state index in [4.69, 9.17) is 37.0 Å². The van der Waals surface area contributed by atoms with Crippen LogP contribution in [0, 0.1) is 5.92 Å². The SMILES string of the molecule is CCCCCC/C=C\C=C/CCCCCCCC(=O)O[C@H](COC(=O)CCCCCCCCCCCC(C)C)COP(=O)(O)OC[C@H](O)COP(=O)(O)OC[C@@H](COC(=O)CCCCCCCCCCCCCCCCCC)OC(=O)CCCCCCCCCCCCCCCCCCC. The van der Waals surface area contributed by atoms with Gasteiger partial charge in [0.05, 0.1) is 26.4 Å². The Morgan fingerprint density at radius 2 is 0.540 bits per heavy atom. The summed E-state index contributed by atoms with van der Waals surface area (Å²) in [7, 11) is -9.93. The Labute approximate surface area is 612 Å². The molecule has 0 fully saturated rings. The maximum atomic E-state index is 13.1. The number of phosphoric acid groups is 2. The molecule has 0 heterocycles. The topological polar surface area (TPSA) is 237 Å². The lowest BCUT2D eigenvalue weighted by atomic mass is 10.0. The average Bonchev–Trinajstić information content (AvgIpc) is 0.934. The summed E-state index contributed by atoms with van der Waals surface area (Å²) in [5.74, 6) is -1.40. The number of hydrogen-bond donors (Lipinski definition) is 3. The van der Waals surface area contributed by atoms with E-state index in [1.807, 2.05) is 0 Å². The van der Waals surface area contributed by atoms with Crippen LogP contribution in [-0.4, -0.2) is 96.7 Å². The highest BCUT2D eigenvalue weighted by Gasteiger charge is 2.30. The number of carbonyl (C=O) groups excluding carboxylic acids is 4. The molecule has 100 heavy (non-hydrogen) atoms. The Morgan fingerprint density at radius 1 is 0.310 bits per heavy atom. The Balaban J connectivity index is 5.29. The molecular formula is C81H154O17P2. The molecular weight excluding hydrogens is 1310 g/mol. The van der Waals surface area contributed by atoms with Crippen LogP contribution >= 0.6 is 15.6 Å². The zero-order valence-corrected chi connectivity index (χ0v) is 66.6. The molecule has 0 aliphatic carbocycles. The van der Waals surface area contributed by atoms with Gasteiger partial charge in [-0.1, -0.05) is 354 Å². The molecule has 5 atom stereocenters. The first-order valence-corrected chi connectivity index (χ1v) is 44.4. The number of phosphoric ester groups is 2. The van der Waals surface area contributed by atoms with Crippen molar-refractivity contribution in [2.24, 2.45) is 5.92 Å². The van der Waals surface area contributed by atoms with Crippen LogP contribution in [0.5, 0.6) is 0 Å². The molecule has 0 saturated heterocycles. The van der Waals surface area contributed by atoms with Crippen molar-refractivity contribution in [1.29, 1.82) is 0 Å². The molecule has 0 rings (SSSR count). The molecule has 0 spiro atoms. The molecule has 2 unspecified atom stereocenters. The summed E-state index contributed by atoms with van der Waals surface area (Å²) in [5, 5.41) is 10.6. The number of allylic oxidation sites excluding steroid dienone is 4. The van der Waals surface area contributed by atoms with E-state index in [0.29, 0.717) is 25.7 Å². The number of esters is 4. The number of hydrogen-bond acceptors (Lipinski definition) is 15. The Bertz CT molecular complexity index is 2000. The van der Waals surface area contributed by atoms with Crippen molar-refractivity contribution in [2.75, 3.05) is 39.6 Å². The van der Waals surface area contributed by atoms with Crippen molar-refractivity contribution >= 4 is 39.5 Å². The third-order valence-electron chi connectivity index (χ3n) is 18.4. The molecule has 0 aliphatic heterocycles. The third-order valence-corrected chi connectivity index (χ3v) is 20.3. The van der Waals surface area contributed by atoms with Gasteiger partial charge in [0.15, 0.2) is 12.2 Å². The van der Waals surface area contributed by atoms with E-state index in [2.05, 4.69) is 58.9 Å². The van der Waals surface area contributed by atoms with Crippen LogP contribution in [0.1, 0.15) is 407 Å². The average molecular weight is 1460 g/mol. The first-order valence-electron chi connectivity index (χ1n) is 41.5. The smallest absolute Gasteiger partial charge is 0.462 e. The highest BCUT2D eigenvalue weighted by atomic mass is 31.2. The van der Waals surface area contributed by atoms with E-state index in [1.165, 1.54) is 218 Å². The van der Waals surface area contributed by atoms with Crippen LogP contribution < -0.4 is 0 Å². The second-order valence-electron chi connectivity index (χ2n) is 29.0. The van der Waals surface area contributed by atoms with Gasteiger partial charge in [0.25, 0.3) is 0 Å². The van der Waals surface area contributed by atoms with Crippen molar-refractivity contribution in [1.82, 2.24) is 0 Å². The molecule has 19 heteroatoms. The summed E-state index contributed by atoms with van der Waals surface area (Å²) in [5.41, 5.74) is 0. The molecule has 590 valence electrons. The summed E-state index contributed by atoms with van der Waals surface area (Å²) < 4.78 is 68.7. The molecule has 0 amide bonds. The lowest BCUT2D eigenvalue weighted by Gasteiger charge is -2.21.